The van der Waals surface area contributed by atoms with Crippen LogP contribution in [0, 0.1) is 5.92 Å². The van der Waals surface area contributed by atoms with Crippen molar-refractivity contribution in [3.63, 3.8) is 0 Å². The molecule has 8 nitrogen and oxygen atoms in total. The fraction of sp³-hybridized carbons (Fsp3) is 0.588. The van der Waals surface area contributed by atoms with Crippen molar-refractivity contribution in [1.82, 2.24) is 4.90 Å². The molecule has 0 spiro atoms. The Kier molecular flexibility index (Phi) is 7.93. The predicted octanol–water partition coefficient (Wildman–Crippen LogP) is -0.533. The number of carbonyl (C=O) groups is 3. The molecular formula is C17H23NO7. The number of rotatable bonds is 12. The molecule has 138 valence electrons. The Morgan fingerprint density at radius 3 is 1.96 bits per heavy atom. The Morgan fingerprint density at radius 1 is 0.840 bits per heavy atom. The standard InChI is InChI=1S/C17H23NO7/c19-14-1-2-15(20)13(14)5-7-23-9-11-25-12-10-24-8-6-18-16(21)3-4-17(18)22/h1-4,13,16,21H,5-12H2. The molecule has 0 radical (unpaired) electrons. The number of allylic oxidation sites excluding steroid dienone is 2. The summed E-state index contributed by atoms with van der Waals surface area (Å²) in [6.07, 6.45) is 4.92. The minimum Gasteiger partial charge on any atom is -0.379 e. The lowest BCUT2D eigenvalue weighted by Crippen LogP contribution is -2.36. The third-order valence-corrected chi connectivity index (χ3v) is 3.88. The van der Waals surface area contributed by atoms with Crippen molar-refractivity contribution in [3.8, 4) is 0 Å². The fourth-order valence-corrected chi connectivity index (χ4v) is 2.47. The molecule has 8 heteroatoms. The Hall–Kier alpha value is -1.87. The van der Waals surface area contributed by atoms with Crippen LogP contribution in [0.5, 0.6) is 0 Å². The highest BCUT2D eigenvalue weighted by atomic mass is 16.5. The van der Waals surface area contributed by atoms with Crippen molar-refractivity contribution in [3.05, 3.63) is 24.3 Å². The molecule has 0 bridgehead atoms. The summed E-state index contributed by atoms with van der Waals surface area (Å²) in [4.78, 5) is 35.4. The largest absolute Gasteiger partial charge is 0.379 e. The van der Waals surface area contributed by atoms with Crippen molar-refractivity contribution in [2.45, 2.75) is 12.6 Å². The highest BCUT2D eigenvalue weighted by Gasteiger charge is 2.27. The van der Waals surface area contributed by atoms with Gasteiger partial charge in [-0.3, -0.25) is 14.4 Å². The quantitative estimate of drug-likeness (QED) is 0.372. The SMILES string of the molecule is O=C1C=CC(=O)C1CCOCCOCCOCCN1C(=O)C=CC1O. The Labute approximate surface area is 146 Å². The number of amides is 1. The Morgan fingerprint density at radius 2 is 1.40 bits per heavy atom. The molecule has 1 aliphatic heterocycles. The topological polar surface area (TPSA) is 102 Å². The van der Waals surface area contributed by atoms with E-state index in [-0.39, 0.29) is 17.5 Å². The lowest BCUT2D eigenvalue weighted by Gasteiger charge is -2.20. The van der Waals surface area contributed by atoms with Crippen LogP contribution in [0.1, 0.15) is 6.42 Å². The highest BCUT2D eigenvalue weighted by Crippen LogP contribution is 2.14. The van der Waals surface area contributed by atoms with Gasteiger partial charge < -0.3 is 24.2 Å². The van der Waals surface area contributed by atoms with E-state index in [4.69, 9.17) is 14.2 Å². The number of ketones is 2. The van der Waals surface area contributed by atoms with Crippen molar-refractivity contribution in [2.75, 3.05) is 46.2 Å². The number of hydrogen-bond acceptors (Lipinski definition) is 7. The molecular weight excluding hydrogens is 330 g/mol. The molecule has 1 amide bonds. The number of hydrogen-bond donors (Lipinski definition) is 1. The first-order chi connectivity index (χ1) is 12.1. The summed E-state index contributed by atoms with van der Waals surface area (Å²) in [5.74, 6) is -1.10. The van der Waals surface area contributed by atoms with Gasteiger partial charge in [0.15, 0.2) is 11.6 Å². The van der Waals surface area contributed by atoms with Gasteiger partial charge in [0.1, 0.15) is 6.23 Å². The molecule has 2 rings (SSSR count). The van der Waals surface area contributed by atoms with Crippen LogP contribution in [-0.4, -0.2) is 79.9 Å². The molecule has 1 heterocycles. The number of nitrogens with zero attached hydrogens (tertiary/aromatic N) is 1. The zero-order valence-corrected chi connectivity index (χ0v) is 14.0. The van der Waals surface area contributed by atoms with E-state index in [1.165, 1.54) is 29.2 Å². The van der Waals surface area contributed by atoms with Gasteiger partial charge in [-0.25, -0.2) is 0 Å². The molecule has 0 fully saturated rings. The van der Waals surface area contributed by atoms with E-state index in [0.29, 0.717) is 52.6 Å². The second kappa shape index (κ2) is 10.2. The van der Waals surface area contributed by atoms with E-state index in [1.807, 2.05) is 0 Å². The molecule has 0 saturated carbocycles. The maximum atomic E-state index is 11.4. The summed E-state index contributed by atoms with van der Waals surface area (Å²) >= 11 is 0. The van der Waals surface area contributed by atoms with Crippen LogP contribution >= 0.6 is 0 Å². The van der Waals surface area contributed by atoms with Crippen molar-refractivity contribution in [2.24, 2.45) is 5.92 Å². The third-order valence-electron chi connectivity index (χ3n) is 3.88. The average Bonchev–Trinajstić information content (AvgIpc) is 3.08. The third kappa shape index (κ3) is 6.17. The number of ether oxygens (including phenoxy) is 3. The lowest BCUT2D eigenvalue weighted by molar-refractivity contribution is -0.132. The number of aliphatic hydroxyl groups is 1. The summed E-state index contributed by atoms with van der Waals surface area (Å²) in [7, 11) is 0. The first-order valence-electron chi connectivity index (χ1n) is 8.25. The van der Waals surface area contributed by atoms with Gasteiger partial charge in [0.05, 0.1) is 39.0 Å². The molecule has 2 aliphatic rings. The summed E-state index contributed by atoms with van der Waals surface area (Å²) in [6.45, 7) is 2.52. The van der Waals surface area contributed by atoms with E-state index < -0.39 is 12.1 Å². The zero-order valence-electron chi connectivity index (χ0n) is 14.0. The van der Waals surface area contributed by atoms with Crippen LogP contribution in [-0.2, 0) is 28.6 Å². The summed E-state index contributed by atoms with van der Waals surface area (Å²) in [6, 6.07) is 0. The molecule has 0 aromatic carbocycles. The first kappa shape index (κ1) is 19.5. The van der Waals surface area contributed by atoms with E-state index in [2.05, 4.69) is 0 Å². The van der Waals surface area contributed by atoms with Crippen LogP contribution in [0.3, 0.4) is 0 Å². The van der Waals surface area contributed by atoms with Gasteiger partial charge in [0.25, 0.3) is 0 Å². The predicted molar refractivity (Wildman–Crippen MR) is 86.6 cm³/mol. The van der Waals surface area contributed by atoms with Gasteiger partial charge in [-0.15, -0.1) is 0 Å². The normalized spacial score (nSPS) is 20.4. The van der Waals surface area contributed by atoms with Crippen molar-refractivity contribution >= 4 is 17.5 Å². The molecule has 1 unspecified atom stereocenters. The molecule has 0 aromatic heterocycles. The Bertz CT molecular complexity index is 525. The van der Waals surface area contributed by atoms with Crippen LogP contribution in [0.4, 0.5) is 0 Å². The average molecular weight is 353 g/mol. The van der Waals surface area contributed by atoms with Crippen LogP contribution < -0.4 is 0 Å². The van der Waals surface area contributed by atoms with Crippen LogP contribution in [0.15, 0.2) is 24.3 Å². The monoisotopic (exact) mass is 353 g/mol. The molecule has 0 aromatic rings. The van der Waals surface area contributed by atoms with Gasteiger partial charge in [0, 0.05) is 19.2 Å². The summed E-state index contributed by atoms with van der Waals surface area (Å²) in [5.41, 5.74) is 0. The van der Waals surface area contributed by atoms with Gasteiger partial charge in [0.2, 0.25) is 5.91 Å². The second-order valence-corrected chi connectivity index (χ2v) is 5.62. The van der Waals surface area contributed by atoms with Crippen LogP contribution in [0.25, 0.3) is 0 Å². The molecule has 1 aliphatic carbocycles. The smallest absolute Gasteiger partial charge is 0.248 e. The zero-order chi connectivity index (χ0) is 18.1. The molecule has 25 heavy (non-hydrogen) atoms. The second-order valence-electron chi connectivity index (χ2n) is 5.62. The van der Waals surface area contributed by atoms with Crippen molar-refractivity contribution < 1.29 is 33.7 Å². The highest BCUT2D eigenvalue weighted by molar-refractivity contribution is 6.18. The van der Waals surface area contributed by atoms with E-state index in [9.17, 15) is 19.5 Å². The number of aliphatic hydroxyl groups excluding tert-OH is 1. The van der Waals surface area contributed by atoms with Crippen molar-refractivity contribution in [1.29, 1.82) is 0 Å². The summed E-state index contributed by atoms with van der Waals surface area (Å²) < 4.78 is 16.0. The van der Waals surface area contributed by atoms with E-state index >= 15 is 0 Å². The van der Waals surface area contributed by atoms with E-state index in [0.717, 1.165) is 0 Å². The van der Waals surface area contributed by atoms with Gasteiger partial charge >= 0.3 is 0 Å². The summed E-state index contributed by atoms with van der Waals surface area (Å²) in [5, 5.41) is 9.48. The van der Waals surface area contributed by atoms with Gasteiger partial charge in [-0.05, 0) is 24.6 Å². The minimum absolute atomic E-state index is 0.152. The maximum absolute atomic E-state index is 11.4. The van der Waals surface area contributed by atoms with E-state index in [1.54, 1.807) is 0 Å². The minimum atomic E-state index is -0.866. The Balaban J connectivity index is 1.36. The molecule has 1 atom stereocenters. The van der Waals surface area contributed by atoms with Gasteiger partial charge in [-0.2, -0.15) is 0 Å². The maximum Gasteiger partial charge on any atom is 0.248 e. The number of carbonyl (C=O) groups excluding carboxylic acids is 3. The first-order valence-corrected chi connectivity index (χ1v) is 8.25. The van der Waals surface area contributed by atoms with Gasteiger partial charge in [-0.1, -0.05) is 0 Å². The fourth-order valence-electron chi connectivity index (χ4n) is 2.47. The molecule has 0 saturated heterocycles. The lowest BCUT2D eigenvalue weighted by atomic mass is 10.0. The molecule has 1 N–H and O–H groups in total. The van der Waals surface area contributed by atoms with Crippen LogP contribution in [0.2, 0.25) is 0 Å².